The lowest BCUT2D eigenvalue weighted by Crippen LogP contribution is -2.47. The van der Waals surface area contributed by atoms with Gasteiger partial charge in [-0.2, -0.15) is 4.31 Å². The lowest BCUT2D eigenvalue weighted by molar-refractivity contribution is -0.122. The van der Waals surface area contributed by atoms with Gasteiger partial charge in [0.2, 0.25) is 15.9 Å². The predicted octanol–water partition coefficient (Wildman–Crippen LogP) is 4.97. The van der Waals surface area contributed by atoms with Crippen molar-refractivity contribution >= 4 is 31.9 Å². The Labute approximate surface area is 193 Å². The zero-order valence-corrected chi connectivity index (χ0v) is 20.0. The number of amides is 1. The van der Waals surface area contributed by atoms with Crippen molar-refractivity contribution in [3.05, 3.63) is 64.1 Å². The molecule has 1 fully saturated rings. The zero-order valence-electron chi connectivity index (χ0n) is 17.6. The Kier molecular flexibility index (Phi) is 7.14. The Balaban J connectivity index is 1.55. The van der Waals surface area contributed by atoms with Gasteiger partial charge in [-0.15, -0.1) is 0 Å². The molecule has 0 aliphatic heterocycles. The number of hydrogen-bond acceptors (Lipinski definition) is 3. The highest BCUT2D eigenvalue weighted by Gasteiger charge is 2.34. The van der Waals surface area contributed by atoms with Crippen LogP contribution in [-0.4, -0.2) is 31.2 Å². The van der Waals surface area contributed by atoms with Crippen LogP contribution in [0.3, 0.4) is 0 Å². The third-order valence-electron chi connectivity index (χ3n) is 6.41. The average molecular weight is 505 g/mol. The molecule has 0 saturated heterocycles. The Morgan fingerprint density at radius 2 is 1.68 bits per heavy atom. The summed E-state index contributed by atoms with van der Waals surface area (Å²) in [5.41, 5.74) is 2.42. The molecule has 7 heteroatoms. The smallest absolute Gasteiger partial charge is 0.243 e. The van der Waals surface area contributed by atoms with Gasteiger partial charge in [0.05, 0.1) is 17.5 Å². The maximum atomic E-state index is 13.5. The van der Waals surface area contributed by atoms with E-state index < -0.39 is 10.0 Å². The minimum absolute atomic E-state index is 0.0546. The Morgan fingerprint density at radius 1 is 0.968 bits per heavy atom. The molecule has 2 aromatic rings. The predicted molar refractivity (Wildman–Crippen MR) is 125 cm³/mol. The van der Waals surface area contributed by atoms with Gasteiger partial charge in [-0.1, -0.05) is 59.5 Å². The number of halogens is 1. The number of nitrogens with one attached hydrogen (secondary N) is 1. The van der Waals surface area contributed by atoms with E-state index in [9.17, 15) is 13.2 Å². The van der Waals surface area contributed by atoms with Crippen LogP contribution in [0.2, 0.25) is 0 Å². The number of carbonyl (C=O) groups is 1. The quantitative estimate of drug-likeness (QED) is 0.603. The highest BCUT2D eigenvalue weighted by molar-refractivity contribution is 9.10. The first kappa shape index (κ1) is 22.5. The maximum Gasteiger partial charge on any atom is 0.243 e. The molecule has 2 aliphatic carbocycles. The minimum Gasteiger partial charge on any atom is -0.348 e. The van der Waals surface area contributed by atoms with Crippen LogP contribution in [0.1, 0.15) is 62.1 Å². The molecular formula is C24H29BrN2O3S. The number of carbonyl (C=O) groups excluding carboxylic acids is 1. The fourth-order valence-corrected chi connectivity index (χ4v) is 6.71. The molecule has 31 heavy (non-hydrogen) atoms. The summed E-state index contributed by atoms with van der Waals surface area (Å²) in [4.78, 5) is 13.3. The molecule has 0 heterocycles. The summed E-state index contributed by atoms with van der Waals surface area (Å²) in [5.74, 6) is -0.229. The van der Waals surface area contributed by atoms with Crippen LogP contribution < -0.4 is 5.32 Å². The minimum atomic E-state index is -3.76. The van der Waals surface area contributed by atoms with Gasteiger partial charge in [-0.25, -0.2) is 8.42 Å². The molecular weight excluding hydrogens is 476 g/mol. The molecule has 0 unspecified atom stereocenters. The van der Waals surface area contributed by atoms with E-state index in [1.54, 1.807) is 24.3 Å². The summed E-state index contributed by atoms with van der Waals surface area (Å²) in [6, 6.07) is 14.7. The van der Waals surface area contributed by atoms with E-state index in [1.165, 1.54) is 9.87 Å². The molecule has 4 rings (SSSR count). The lowest BCUT2D eigenvalue weighted by Gasteiger charge is -2.34. The van der Waals surface area contributed by atoms with E-state index >= 15 is 0 Å². The molecule has 5 nitrogen and oxygen atoms in total. The molecule has 0 bridgehead atoms. The van der Waals surface area contributed by atoms with Crippen molar-refractivity contribution in [3.63, 3.8) is 0 Å². The van der Waals surface area contributed by atoms with E-state index in [4.69, 9.17) is 0 Å². The first-order valence-electron chi connectivity index (χ1n) is 11.1. The van der Waals surface area contributed by atoms with Crippen LogP contribution >= 0.6 is 15.9 Å². The first-order chi connectivity index (χ1) is 14.9. The Bertz CT molecular complexity index is 1020. The van der Waals surface area contributed by atoms with Crippen molar-refractivity contribution in [2.24, 2.45) is 0 Å². The number of fused-ring (bicyclic) bond motifs is 1. The summed E-state index contributed by atoms with van der Waals surface area (Å²) in [5, 5.41) is 3.12. The number of benzene rings is 2. The van der Waals surface area contributed by atoms with E-state index in [0.29, 0.717) is 0 Å². The highest BCUT2D eigenvalue weighted by atomic mass is 79.9. The van der Waals surface area contributed by atoms with Crippen LogP contribution in [0.5, 0.6) is 0 Å². The fraction of sp³-hybridized carbons (Fsp3) is 0.458. The third-order valence-corrected chi connectivity index (χ3v) is 8.85. The summed E-state index contributed by atoms with van der Waals surface area (Å²) < 4.78 is 29.3. The van der Waals surface area contributed by atoms with Crippen molar-refractivity contribution in [1.29, 1.82) is 0 Å². The topological polar surface area (TPSA) is 66.5 Å². The molecule has 1 N–H and O–H groups in total. The van der Waals surface area contributed by atoms with Crippen LogP contribution in [-0.2, 0) is 21.2 Å². The number of rotatable bonds is 6. The van der Waals surface area contributed by atoms with Crippen molar-refractivity contribution in [2.45, 2.75) is 68.3 Å². The molecule has 166 valence electrons. The molecule has 0 spiro atoms. The van der Waals surface area contributed by atoms with Gasteiger partial charge in [0.25, 0.3) is 0 Å². The molecule has 0 radical (unpaired) electrons. The molecule has 1 atom stereocenters. The van der Waals surface area contributed by atoms with Crippen LogP contribution in [0, 0.1) is 0 Å². The van der Waals surface area contributed by atoms with E-state index in [-0.39, 0.29) is 29.4 Å². The van der Waals surface area contributed by atoms with Gasteiger partial charge in [-0.05, 0) is 67.5 Å². The van der Waals surface area contributed by atoms with Gasteiger partial charge in [0.1, 0.15) is 0 Å². The van der Waals surface area contributed by atoms with E-state index in [1.807, 2.05) is 12.1 Å². The second-order valence-electron chi connectivity index (χ2n) is 8.51. The fourth-order valence-electron chi connectivity index (χ4n) is 4.81. The molecule has 0 aromatic heterocycles. The number of nitrogens with zero attached hydrogens (tertiary/aromatic N) is 1. The van der Waals surface area contributed by atoms with Gasteiger partial charge >= 0.3 is 0 Å². The Hall–Kier alpha value is -1.70. The monoisotopic (exact) mass is 504 g/mol. The average Bonchev–Trinajstić information content (AvgIpc) is 2.78. The van der Waals surface area contributed by atoms with E-state index in [2.05, 4.69) is 33.4 Å². The second-order valence-corrected chi connectivity index (χ2v) is 11.3. The number of aryl methyl sites for hydroxylation is 1. The summed E-state index contributed by atoms with van der Waals surface area (Å²) >= 11 is 3.36. The summed E-state index contributed by atoms with van der Waals surface area (Å²) in [6.45, 7) is -0.137. The SMILES string of the molecule is O=C(CN(C1CCCCC1)S(=O)(=O)c1ccc(Br)cc1)N[C@H]1CCCc2ccccc21. The normalized spacial score (nSPS) is 19.7. The van der Waals surface area contributed by atoms with Crippen molar-refractivity contribution in [2.75, 3.05) is 6.54 Å². The molecule has 2 aromatic carbocycles. The maximum absolute atomic E-state index is 13.5. The zero-order chi connectivity index (χ0) is 21.8. The van der Waals surface area contributed by atoms with E-state index in [0.717, 1.165) is 61.4 Å². The standard InChI is InChI=1S/C24H29BrN2O3S/c25-19-13-15-21(16-14-19)31(29,30)27(20-9-2-1-3-10-20)17-24(28)26-23-12-6-8-18-7-4-5-11-22(18)23/h4-5,7,11,13-16,20,23H,1-3,6,8-10,12,17H2,(H,26,28)/t23-/m0/s1. The second kappa shape index (κ2) is 9.84. The summed E-state index contributed by atoms with van der Waals surface area (Å²) in [6.07, 6.45) is 7.63. The Morgan fingerprint density at radius 3 is 2.42 bits per heavy atom. The van der Waals surface area contributed by atoms with Gasteiger partial charge < -0.3 is 5.32 Å². The first-order valence-corrected chi connectivity index (χ1v) is 13.3. The van der Waals surface area contributed by atoms with Gasteiger partial charge in [0.15, 0.2) is 0 Å². The molecule has 2 aliphatic rings. The summed E-state index contributed by atoms with van der Waals surface area (Å²) in [7, 11) is -3.76. The van der Waals surface area contributed by atoms with Crippen LogP contribution in [0.25, 0.3) is 0 Å². The largest absolute Gasteiger partial charge is 0.348 e. The highest BCUT2D eigenvalue weighted by Crippen LogP contribution is 2.31. The van der Waals surface area contributed by atoms with Crippen LogP contribution in [0.4, 0.5) is 0 Å². The lowest BCUT2D eigenvalue weighted by atomic mass is 9.88. The van der Waals surface area contributed by atoms with Gasteiger partial charge in [0, 0.05) is 10.5 Å². The molecule has 1 amide bonds. The van der Waals surface area contributed by atoms with Crippen LogP contribution in [0.15, 0.2) is 57.9 Å². The third kappa shape index (κ3) is 5.21. The van der Waals surface area contributed by atoms with Gasteiger partial charge in [-0.3, -0.25) is 4.79 Å². The molecule has 1 saturated carbocycles. The van der Waals surface area contributed by atoms with Crippen molar-refractivity contribution in [3.8, 4) is 0 Å². The number of hydrogen-bond donors (Lipinski definition) is 1. The van der Waals surface area contributed by atoms with Crippen molar-refractivity contribution < 1.29 is 13.2 Å². The van der Waals surface area contributed by atoms with Crippen molar-refractivity contribution in [1.82, 2.24) is 9.62 Å². The number of sulfonamides is 1.